The molecule has 0 unspecified atom stereocenters. The number of methoxy groups -OCH3 is 1. The molecule has 0 aliphatic heterocycles. The first-order chi connectivity index (χ1) is 10.6. The summed E-state index contributed by atoms with van der Waals surface area (Å²) in [6, 6.07) is 7.51. The smallest absolute Gasteiger partial charge is 0.260 e. The highest BCUT2D eigenvalue weighted by molar-refractivity contribution is 7.19. The molecule has 0 atom stereocenters. The number of aromatic nitrogens is 2. The molecule has 0 saturated carbocycles. The van der Waals surface area contributed by atoms with Crippen LogP contribution in [0.25, 0.3) is 21.3 Å². The minimum atomic E-state index is -0.106. The molecule has 6 heteroatoms. The fourth-order valence-corrected chi connectivity index (χ4v) is 3.64. The van der Waals surface area contributed by atoms with Crippen LogP contribution in [0.5, 0.6) is 0 Å². The third-order valence-corrected chi connectivity index (χ3v) is 4.71. The summed E-state index contributed by atoms with van der Waals surface area (Å²) >= 11 is 7.48. The van der Waals surface area contributed by atoms with E-state index < -0.39 is 0 Å². The molecule has 0 fully saturated rings. The van der Waals surface area contributed by atoms with Crippen LogP contribution in [0.3, 0.4) is 0 Å². The number of aryl methyl sites for hydroxylation is 1. The number of benzene rings is 1. The number of aromatic amines is 1. The molecule has 3 rings (SSSR count). The molecule has 0 aliphatic carbocycles. The standard InChI is InChI=1S/C16H15ClN2O2S/c1-9-13(10-3-5-11(17)6-4-10)14-15(20)18-12(7-8-21-2)19-16(14)22-9/h3-6H,7-8H2,1-2H3,(H,18,19,20). The van der Waals surface area contributed by atoms with Crippen LogP contribution in [0.15, 0.2) is 29.1 Å². The van der Waals surface area contributed by atoms with Crippen molar-refractivity contribution in [2.45, 2.75) is 13.3 Å². The third kappa shape index (κ3) is 2.79. The number of H-pyrrole nitrogens is 1. The SMILES string of the molecule is COCCc1nc2sc(C)c(-c3ccc(Cl)cc3)c2c(=O)[nH]1. The van der Waals surface area contributed by atoms with Crippen LogP contribution in [0.1, 0.15) is 10.7 Å². The lowest BCUT2D eigenvalue weighted by Gasteiger charge is -2.03. The fourth-order valence-electron chi connectivity index (χ4n) is 2.44. The minimum absolute atomic E-state index is 0.106. The molecule has 1 N–H and O–H groups in total. The summed E-state index contributed by atoms with van der Waals surface area (Å²) < 4.78 is 5.04. The Morgan fingerprint density at radius 1 is 1.32 bits per heavy atom. The Morgan fingerprint density at radius 3 is 2.73 bits per heavy atom. The van der Waals surface area contributed by atoms with E-state index in [-0.39, 0.29) is 5.56 Å². The molecule has 0 bridgehead atoms. The van der Waals surface area contributed by atoms with Crippen LogP contribution in [-0.2, 0) is 11.2 Å². The van der Waals surface area contributed by atoms with Gasteiger partial charge in [-0.05, 0) is 24.6 Å². The molecule has 2 heterocycles. The van der Waals surface area contributed by atoms with Crippen molar-refractivity contribution < 1.29 is 4.74 Å². The molecule has 114 valence electrons. The van der Waals surface area contributed by atoms with Gasteiger partial charge in [-0.2, -0.15) is 0 Å². The van der Waals surface area contributed by atoms with Gasteiger partial charge in [-0.1, -0.05) is 23.7 Å². The molecule has 2 aromatic heterocycles. The van der Waals surface area contributed by atoms with Crippen LogP contribution in [0.2, 0.25) is 5.02 Å². The molecule has 0 amide bonds. The monoisotopic (exact) mass is 334 g/mol. The van der Waals surface area contributed by atoms with Crippen molar-refractivity contribution in [2.75, 3.05) is 13.7 Å². The van der Waals surface area contributed by atoms with Crippen molar-refractivity contribution >= 4 is 33.2 Å². The Balaban J connectivity index is 2.17. The van der Waals surface area contributed by atoms with Crippen molar-refractivity contribution in [3.05, 3.63) is 50.3 Å². The highest BCUT2D eigenvalue weighted by Crippen LogP contribution is 2.35. The number of rotatable bonds is 4. The van der Waals surface area contributed by atoms with E-state index in [1.54, 1.807) is 7.11 Å². The number of halogens is 1. The van der Waals surface area contributed by atoms with Gasteiger partial charge in [0.05, 0.1) is 12.0 Å². The molecule has 0 spiro atoms. The van der Waals surface area contributed by atoms with Gasteiger partial charge < -0.3 is 9.72 Å². The number of fused-ring (bicyclic) bond motifs is 1. The second-order valence-electron chi connectivity index (χ2n) is 4.98. The van der Waals surface area contributed by atoms with Gasteiger partial charge in [0, 0.05) is 29.0 Å². The van der Waals surface area contributed by atoms with Crippen molar-refractivity contribution in [1.29, 1.82) is 0 Å². The summed E-state index contributed by atoms with van der Waals surface area (Å²) in [4.78, 5) is 21.7. The summed E-state index contributed by atoms with van der Waals surface area (Å²) in [6.45, 7) is 2.54. The van der Waals surface area contributed by atoms with E-state index in [2.05, 4.69) is 9.97 Å². The molecule has 22 heavy (non-hydrogen) atoms. The second-order valence-corrected chi connectivity index (χ2v) is 6.62. The fraction of sp³-hybridized carbons (Fsp3) is 0.250. The maximum absolute atomic E-state index is 12.5. The van der Waals surface area contributed by atoms with E-state index in [4.69, 9.17) is 16.3 Å². The van der Waals surface area contributed by atoms with E-state index in [1.165, 1.54) is 11.3 Å². The van der Waals surface area contributed by atoms with Crippen molar-refractivity contribution in [3.8, 4) is 11.1 Å². The summed E-state index contributed by atoms with van der Waals surface area (Å²) in [5.41, 5.74) is 1.80. The first-order valence-electron chi connectivity index (χ1n) is 6.87. The lowest BCUT2D eigenvalue weighted by Crippen LogP contribution is -2.12. The predicted octanol–water partition coefficient (Wildman–Crippen LogP) is 3.80. The molecule has 3 aromatic rings. The van der Waals surface area contributed by atoms with Crippen LogP contribution in [0, 0.1) is 6.92 Å². The molecule has 1 aromatic carbocycles. The molecule has 0 aliphatic rings. The third-order valence-electron chi connectivity index (χ3n) is 3.46. The topological polar surface area (TPSA) is 55.0 Å². The van der Waals surface area contributed by atoms with Gasteiger partial charge >= 0.3 is 0 Å². The van der Waals surface area contributed by atoms with E-state index in [0.717, 1.165) is 20.8 Å². The Kier molecular flexibility index (Phi) is 4.29. The molecular weight excluding hydrogens is 320 g/mol. The normalized spacial score (nSPS) is 11.2. The van der Waals surface area contributed by atoms with Gasteiger partial charge in [0.25, 0.3) is 5.56 Å². The number of hydrogen-bond acceptors (Lipinski definition) is 4. The first kappa shape index (κ1) is 15.2. The average molecular weight is 335 g/mol. The zero-order chi connectivity index (χ0) is 15.7. The van der Waals surface area contributed by atoms with Gasteiger partial charge in [0.15, 0.2) is 0 Å². The number of nitrogens with zero attached hydrogens (tertiary/aromatic N) is 1. The maximum atomic E-state index is 12.5. The quantitative estimate of drug-likeness (QED) is 0.789. The first-order valence-corrected chi connectivity index (χ1v) is 8.06. The van der Waals surface area contributed by atoms with Crippen molar-refractivity contribution in [3.63, 3.8) is 0 Å². The highest BCUT2D eigenvalue weighted by atomic mass is 35.5. The zero-order valence-electron chi connectivity index (χ0n) is 12.3. The Bertz CT molecular complexity index is 868. The molecule has 4 nitrogen and oxygen atoms in total. The largest absolute Gasteiger partial charge is 0.384 e. The number of hydrogen-bond donors (Lipinski definition) is 1. The average Bonchev–Trinajstić information content (AvgIpc) is 2.82. The Morgan fingerprint density at radius 2 is 2.05 bits per heavy atom. The van der Waals surface area contributed by atoms with Crippen LogP contribution >= 0.6 is 22.9 Å². The predicted molar refractivity (Wildman–Crippen MR) is 91.0 cm³/mol. The molecule has 0 saturated heterocycles. The summed E-state index contributed by atoms with van der Waals surface area (Å²) in [5, 5.41) is 1.32. The molecule has 0 radical (unpaired) electrons. The second kappa shape index (κ2) is 6.20. The summed E-state index contributed by atoms with van der Waals surface area (Å²) in [7, 11) is 1.63. The van der Waals surface area contributed by atoms with E-state index in [9.17, 15) is 4.79 Å². The van der Waals surface area contributed by atoms with Crippen molar-refractivity contribution in [1.82, 2.24) is 9.97 Å². The van der Waals surface area contributed by atoms with Gasteiger partial charge in [-0.15, -0.1) is 11.3 Å². The van der Waals surface area contributed by atoms with Gasteiger partial charge in [0.1, 0.15) is 10.7 Å². The van der Waals surface area contributed by atoms with E-state index in [1.807, 2.05) is 31.2 Å². The highest BCUT2D eigenvalue weighted by Gasteiger charge is 2.16. The van der Waals surface area contributed by atoms with Crippen molar-refractivity contribution in [2.24, 2.45) is 0 Å². The van der Waals surface area contributed by atoms with Crippen LogP contribution < -0.4 is 5.56 Å². The zero-order valence-corrected chi connectivity index (χ0v) is 13.8. The van der Waals surface area contributed by atoms with E-state index in [0.29, 0.717) is 29.3 Å². The van der Waals surface area contributed by atoms with Gasteiger partial charge in [-0.3, -0.25) is 4.79 Å². The van der Waals surface area contributed by atoms with Crippen LogP contribution in [-0.4, -0.2) is 23.7 Å². The summed E-state index contributed by atoms with van der Waals surface area (Å²) in [5.74, 6) is 0.656. The number of nitrogens with one attached hydrogen (secondary N) is 1. The molecular formula is C16H15ClN2O2S. The lowest BCUT2D eigenvalue weighted by atomic mass is 10.0. The summed E-state index contributed by atoms with van der Waals surface area (Å²) in [6.07, 6.45) is 0.592. The van der Waals surface area contributed by atoms with Gasteiger partial charge in [-0.25, -0.2) is 4.98 Å². The number of thiophene rings is 1. The van der Waals surface area contributed by atoms with Gasteiger partial charge in [0.2, 0.25) is 0 Å². The minimum Gasteiger partial charge on any atom is -0.384 e. The number of ether oxygens (including phenoxy) is 1. The Labute approximate surface area is 136 Å². The van der Waals surface area contributed by atoms with Crippen LogP contribution in [0.4, 0.5) is 0 Å². The maximum Gasteiger partial charge on any atom is 0.260 e. The van der Waals surface area contributed by atoms with E-state index >= 15 is 0 Å². The Hall–Kier alpha value is -1.69. The lowest BCUT2D eigenvalue weighted by molar-refractivity contribution is 0.200.